The molecule has 0 saturated heterocycles. The van der Waals surface area contributed by atoms with E-state index >= 15 is 4.39 Å². The summed E-state index contributed by atoms with van der Waals surface area (Å²) in [5, 5.41) is 3.12. The predicted molar refractivity (Wildman–Crippen MR) is 121 cm³/mol. The molecule has 3 aromatic heterocycles. The molecule has 0 saturated carbocycles. The molecule has 0 amide bonds. The highest BCUT2D eigenvalue weighted by Crippen LogP contribution is 2.29. The summed E-state index contributed by atoms with van der Waals surface area (Å²) in [6.45, 7) is 3.78. The van der Waals surface area contributed by atoms with Crippen molar-refractivity contribution in [1.29, 1.82) is 0 Å². The smallest absolute Gasteiger partial charge is 0.207 e. The third kappa shape index (κ3) is 4.11. The van der Waals surface area contributed by atoms with Gasteiger partial charge in [0.1, 0.15) is 6.33 Å². The Bertz CT molecular complexity index is 1210. The molecule has 6 nitrogen and oxygen atoms in total. The van der Waals surface area contributed by atoms with E-state index in [0.717, 1.165) is 34.5 Å². The van der Waals surface area contributed by atoms with Crippen LogP contribution in [0.25, 0.3) is 11.1 Å². The first-order valence-corrected chi connectivity index (χ1v) is 11.0. The van der Waals surface area contributed by atoms with Crippen molar-refractivity contribution in [2.45, 2.75) is 26.4 Å². The third-order valence-corrected chi connectivity index (χ3v) is 6.25. The van der Waals surface area contributed by atoms with Crippen LogP contribution in [-0.4, -0.2) is 26.5 Å². The Labute approximate surface area is 183 Å². The van der Waals surface area contributed by atoms with Crippen LogP contribution in [0.1, 0.15) is 21.8 Å². The van der Waals surface area contributed by atoms with Crippen molar-refractivity contribution >= 4 is 23.0 Å². The Hall–Kier alpha value is -3.39. The van der Waals surface area contributed by atoms with E-state index in [1.54, 1.807) is 11.3 Å². The summed E-state index contributed by atoms with van der Waals surface area (Å²) in [4.78, 5) is 20.1. The number of anilines is 2. The molecule has 0 radical (unpaired) electrons. The maximum atomic E-state index is 15.1. The normalized spacial score (nSPS) is 13.2. The first-order valence-electron chi connectivity index (χ1n) is 10.1. The summed E-state index contributed by atoms with van der Waals surface area (Å²) < 4.78 is 15.1. The van der Waals surface area contributed by atoms with Gasteiger partial charge in [-0.3, -0.25) is 4.98 Å². The van der Waals surface area contributed by atoms with Gasteiger partial charge in [-0.1, -0.05) is 24.3 Å². The zero-order valence-corrected chi connectivity index (χ0v) is 17.9. The van der Waals surface area contributed by atoms with Crippen LogP contribution in [-0.2, 0) is 19.5 Å². The van der Waals surface area contributed by atoms with E-state index in [1.165, 1.54) is 11.2 Å². The highest BCUT2D eigenvalue weighted by Gasteiger charge is 2.23. The molecule has 1 aliphatic rings. The molecule has 5 rings (SSSR count). The van der Waals surface area contributed by atoms with Gasteiger partial charge in [-0.15, -0.1) is 11.3 Å². The molecular weight excluding hydrogens is 411 g/mol. The molecule has 4 heterocycles. The standard InChI is InChI=1S/C23H21FN6S/c1-15-10-18(6-8-25-15)17-4-2-16(3-5-17)11-26-22-21(24)23(28-13-27-22)30-9-7-19-20(12-30)31-14-29-19/h2-6,8,10,13-14H,7,9,11-12H2,1H3,(H,26,27,28). The molecule has 0 aliphatic carbocycles. The lowest BCUT2D eigenvalue weighted by Crippen LogP contribution is -2.31. The topological polar surface area (TPSA) is 66.8 Å². The van der Waals surface area contributed by atoms with E-state index in [-0.39, 0.29) is 5.82 Å². The molecular formula is C23H21FN6S. The number of hydrogen-bond donors (Lipinski definition) is 1. The average molecular weight is 433 g/mol. The second-order valence-corrected chi connectivity index (χ2v) is 8.43. The van der Waals surface area contributed by atoms with E-state index in [1.807, 2.05) is 41.7 Å². The first kappa shape index (κ1) is 19.6. The molecule has 4 aromatic rings. The number of pyridine rings is 1. The summed E-state index contributed by atoms with van der Waals surface area (Å²) in [7, 11) is 0. The highest BCUT2D eigenvalue weighted by atomic mass is 32.1. The minimum atomic E-state index is -0.417. The fourth-order valence-corrected chi connectivity index (χ4v) is 4.56. The maximum absolute atomic E-state index is 15.1. The fraction of sp³-hybridized carbons (Fsp3) is 0.217. The number of halogens is 1. The summed E-state index contributed by atoms with van der Waals surface area (Å²) >= 11 is 1.60. The van der Waals surface area contributed by atoms with Crippen LogP contribution in [0.3, 0.4) is 0 Å². The summed E-state index contributed by atoms with van der Waals surface area (Å²) in [5.41, 5.74) is 7.24. The number of hydrogen-bond acceptors (Lipinski definition) is 7. The number of rotatable bonds is 5. The van der Waals surface area contributed by atoms with Crippen molar-refractivity contribution in [2.24, 2.45) is 0 Å². The minimum Gasteiger partial charge on any atom is -0.363 e. The van der Waals surface area contributed by atoms with Crippen LogP contribution < -0.4 is 10.2 Å². The highest BCUT2D eigenvalue weighted by molar-refractivity contribution is 7.09. The molecule has 156 valence electrons. The molecule has 1 N–H and O–H groups in total. The van der Waals surface area contributed by atoms with Crippen molar-refractivity contribution in [3.05, 3.63) is 82.1 Å². The van der Waals surface area contributed by atoms with E-state index in [9.17, 15) is 0 Å². The Morgan fingerprint density at radius 2 is 1.94 bits per heavy atom. The minimum absolute atomic E-state index is 0.217. The largest absolute Gasteiger partial charge is 0.363 e. The molecule has 8 heteroatoms. The number of nitrogens with zero attached hydrogens (tertiary/aromatic N) is 5. The van der Waals surface area contributed by atoms with E-state index in [2.05, 4.69) is 43.5 Å². The summed E-state index contributed by atoms with van der Waals surface area (Å²) in [5.74, 6) is 0.133. The predicted octanol–water partition coefficient (Wildman–Crippen LogP) is 4.62. The number of benzene rings is 1. The Morgan fingerprint density at radius 1 is 1.06 bits per heavy atom. The van der Waals surface area contributed by atoms with Gasteiger partial charge in [0.15, 0.2) is 11.6 Å². The van der Waals surface area contributed by atoms with E-state index in [4.69, 9.17) is 0 Å². The van der Waals surface area contributed by atoms with Crippen LogP contribution in [0.4, 0.5) is 16.0 Å². The molecule has 0 bridgehead atoms. The van der Waals surface area contributed by atoms with Crippen molar-refractivity contribution in [3.8, 4) is 11.1 Å². The zero-order valence-electron chi connectivity index (χ0n) is 17.0. The van der Waals surface area contributed by atoms with Crippen LogP contribution in [0.2, 0.25) is 0 Å². The lowest BCUT2D eigenvalue weighted by Gasteiger charge is -2.27. The second kappa shape index (κ2) is 8.39. The molecule has 0 spiro atoms. The number of nitrogens with one attached hydrogen (secondary N) is 1. The van der Waals surface area contributed by atoms with Crippen LogP contribution in [0.15, 0.2) is 54.4 Å². The molecule has 0 fully saturated rings. The van der Waals surface area contributed by atoms with Gasteiger partial charge in [0, 0.05) is 36.3 Å². The second-order valence-electron chi connectivity index (χ2n) is 7.49. The third-order valence-electron chi connectivity index (χ3n) is 5.39. The van der Waals surface area contributed by atoms with Gasteiger partial charge >= 0.3 is 0 Å². The monoisotopic (exact) mass is 432 g/mol. The van der Waals surface area contributed by atoms with E-state index < -0.39 is 5.82 Å². The lowest BCUT2D eigenvalue weighted by molar-refractivity contribution is 0.597. The number of thiazole rings is 1. The van der Waals surface area contributed by atoms with Gasteiger partial charge < -0.3 is 10.2 Å². The van der Waals surface area contributed by atoms with Gasteiger partial charge in [0.05, 0.1) is 17.7 Å². The first-order chi connectivity index (χ1) is 15.2. The maximum Gasteiger partial charge on any atom is 0.207 e. The number of aryl methyl sites for hydroxylation is 1. The lowest BCUT2D eigenvalue weighted by atomic mass is 10.0. The SMILES string of the molecule is Cc1cc(-c2ccc(CNc3ncnc(N4CCc5ncsc5C4)c3F)cc2)ccn1. The van der Waals surface area contributed by atoms with Crippen molar-refractivity contribution in [2.75, 3.05) is 16.8 Å². The average Bonchev–Trinajstić information content (AvgIpc) is 3.27. The Kier molecular flexibility index (Phi) is 5.30. The summed E-state index contributed by atoms with van der Waals surface area (Å²) in [6, 6.07) is 12.2. The van der Waals surface area contributed by atoms with Crippen molar-refractivity contribution in [3.63, 3.8) is 0 Å². The Morgan fingerprint density at radius 3 is 2.77 bits per heavy atom. The fourth-order valence-electron chi connectivity index (χ4n) is 3.73. The van der Waals surface area contributed by atoms with Gasteiger partial charge in [0.2, 0.25) is 5.82 Å². The molecule has 31 heavy (non-hydrogen) atoms. The van der Waals surface area contributed by atoms with Crippen LogP contribution in [0.5, 0.6) is 0 Å². The van der Waals surface area contributed by atoms with E-state index in [0.29, 0.717) is 25.5 Å². The summed E-state index contributed by atoms with van der Waals surface area (Å²) in [6.07, 6.45) is 4.03. The number of fused-ring (bicyclic) bond motifs is 1. The molecule has 1 aromatic carbocycles. The molecule has 1 aliphatic heterocycles. The van der Waals surface area contributed by atoms with Crippen molar-refractivity contribution < 1.29 is 4.39 Å². The quantitative estimate of drug-likeness (QED) is 0.497. The van der Waals surface area contributed by atoms with Gasteiger partial charge in [0.25, 0.3) is 0 Å². The zero-order chi connectivity index (χ0) is 21.2. The van der Waals surface area contributed by atoms with Crippen LogP contribution >= 0.6 is 11.3 Å². The molecule has 0 unspecified atom stereocenters. The Balaban J connectivity index is 1.28. The van der Waals surface area contributed by atoms with Gasteiger partial charge in [-0.05, 0) is 35.7 Å². The van der Waals surface area contributed by atoms with Gasteiger partial charge in [-0.25, -0.2) is 15.0 Å². The van der Waals surface area contributed by atoms with Gasteiger partial charge in [-0.2, -0.15) is 4.39 Å². The van der Waals surface area contributed by atoms with Crippen LogP contribution in [0, 0.1) is 12.7 Å². The molecule has 0 atom stereocenters. The van der Waals surface area contributed by atoms with Crippen molar-refractivity contribution in [1.82, 2.24) is 19.9 Å². The number of aromatic nitrogens is 4.